The van der Waals surface area contributed by atoms with Crippen molar-refractivity contribution in [2.75, 3.05) is 25.0 Å². The zero-order valence-corrected chi connectivity index (χ0v) is 11.7. The van der Waals surface area contributed by atoms with E-state index < -0.39 is 5.91 Å². The van der Waals surface area contributed by atoms with Crippen LogP contribution in [0.15, 0.2) is 30.3 Å². The molecule has 0 aliphatic rings. The maximum absolute atomic E-state index is 12.2. The van der Waals surface area contributed by atoms with Gasteiger partial charge in [0.15, 0.2) is 0 Å². The lowest BCUT2D eigenvalue weighted by Crippen LogP contribution is -2.46. The predicted molar refractivity (Wildman–Crippen MR) is 75.8 cm³/mol. The van der Waals surface area contributed by atoms with Gasteiger partial charge in [-0.15, -0.1) is 0 Å². The molecule has 1 rings (SSSR count). The number of anilines is 1. The summed E-state index contributed by atoms with van der Waals surface area (Å²) in [4.78, 5) is 26.5. The monoisotopic (exact) mass is 263 g/mol. The molecule has 1 aromatic carbocycles. The van der Waals surface area contributed by atoms with Crippen LogP contribution in [-0.4, -0.2) is 42.9 Å². The third-order valence-electron chi connectivity index (χ3n) is 2.84. The fourth-order valence-corrected chi connectivity index (χ4v) is 1.79. The average molecular weight is 263 g/mol. The topological polar surface area (TPSA) is 66.6 Å². The molecule has 0 aliphatic heterocycles. The standard InChI is InChI=1S/C14H21N3O2/c1-11(2)17(9-13(15)18)14(19)10-16(3)12-7-5-4-6-8-12/h4-8,11H,9-10H2,1-3H3,(H2,15,18). The summed E-state index contributed by atoms with van der Waals surface area (Å²) >= 11 is 0. The predicted octanol–water partition coefficient (Wildman–Crippen LogP) is 0.845. The van der Waals surface area contributed by atoms with Crippen molar-refractivity contribution in [2.45, 2.75) is 19.9 Å². The Kier molecular flexibility index (Phi) is 5.36. The molecule has 0 aliphatic carbocycles. The fourth-order valence-electron chi connectivity index (χ4n) is 1.79. The van der Waals surface area contributed by atoms with Crippen molar-refractivity contribution in [3.63, 3.8) is 0 Å². The van der Waals surface area contributed by atoms with Crippen LogP contribution in [0.4, 0.5) is 5.69 Å². The molecule has 0 heterocycles. The molecule has 0 spiro atoms. The van der Waals surface area contributed by atoms with Gasteiger partial charge in [0, 0.05) is 18.8 Å². The number of likely N-dealkylation sites (N-methyl/N-ethyl adjacent to an activating group) is 1. The Hall–Kier alpha value is -2.04. The molecule has 0 aromatic heterocycles. The second-order valence-corrected chi connectivity index (χ2v) is 4.77. The highest BCUT2D eigenvalue weighted by Gasteiger charge is 2.20. The first-order valence-electron chi connectivity index (χ1n) is 6.25. The van der Waals surface area contributed by atoms with Crippen LogP contribution in [0, 0.1) is 0 Å². The highest BCUT2D eigenvalue weighted by Crippen LogP contribution is 2.11. The molecular formula is C14H21N3O2. The Morgan fingerprint density at radius 2 is 1.74 bits per heavy atom. The number of benzene rings is 1. The number of nitrogens with two attached hydrogens (primary N) is 1. The molecule has 0 bridgehead atoms. The minimum atomic E-state index is -0.496. The van der Waals surface area contributed by atoms with E-state index in [-0.39, 0.29) is 25.0 Å². The summed E-state index contributed by atoms with van der Waals surface area (Å²) in [5.74, 6) is -0.607. The maximum Gasteiger partial charge on any atom is 0.242 e. The normalized spacial score (nSPS) is 10.3. The van der Waals surface area contributed by atoms with E-state index in [9.17, 15) is 9.59 Å². The molecule has 5 heteroatoms. The van der Waals surface area contributed by atoms with Gasteiger partial charge in [0.2, 0.25) is 11.8 Å². The minimum absolute atomic E-state index is 0.0425. The van der Waals surface area contributed by atoms with Gasteiger partial charge in [0.1, 0.15) is 0 Å². The summed E-state index contributed by atoms with van der Waals surface area (Å²) in [6, 6.07) is 9.57. The highest BCUT2D eigenvalue weighted by atomic mass is 16.2. The first kappa shape index (κ1) is 15.0. The Labute approximate surface area is 114 Å². The summed E-state index contributed by atoms with van der Waals surface area (Å²) in [6.07, 6.45) is 0. The average Bonchev–Trinajstić information content (AvgIpc) is 2.36. The van der Waals surface area contributed by atoms with Gasteiger partial charge in [0.05, 0.1) is 13.1 Å². The maximum atomic E-state index is 12.2. The molecule has 5 nitrogen and oxygen atoms in total. The van der Waals surface area contributed by atoms with E-state index in [0.29, 0.717) is 0 Å². The zero-order valence-electron chi connectivity index (χ0n) is 11.7. The number of nitrogens with zero attached hydrogens (tertiary/aromatic N) is 2. The molecule has 2 N–H and O–H groups in total. The molecule has 0 saturated carbocycles. The minimum Gasteiger partial charge on any atom is -0.368 e. The lowest BCUT2D eigenvalue weighted by molar-refractivity contribution is -0.135. The molecule has 0 unspecified atom stereocenters. The van der Waals surface area contributed by atoms with Gasteiger partial charge < -0.3 is 15.5 Å². The molecule has 0 radical (unpaired) electrons. The van der Waals surface area contributed by atoms with Crippen molar-refractivity contribution < 1.29 is 9.59 Å². The first-order chi connectivity index (χ1) is 8.91. The van der Waals surface area contributed by atoms with Crippen LogP contribution < -0.4 is 10.6 Å². The quantitative estimate of drug-likeness (QED) is 0.827. The van der Waals surface area contributed by atoms with Gasteiger partial charge in [-0.1, -0.05) is 18.2 Å². The van der Waals surface area contributed by atoms with E-state index >= 15 is 0 Å². The van der Waals surface area contributed by atoms with Gasteiger partial charge in [-0.2, -0.15) is 0 Å². The Balaban J connectivity index is 2.69. The summed E-state index contributed by atoms with van der Waals surface area (Å²) in [5.41, 5.74) is 6.12. The van der Waals surface area contributed by atoms with Crippen LogP contribution in [0.2, 0.25) is 0 Å². The molecule has 104 valence electrons. The number of rotatable bonds is 6. The van der Waals surface area contributed by atoms with Crippen molar-refractivity contribution in [1.29, 1.82) is 0 Å². The van der Waals surface area contributed by atoms with Crippen LogP contribution >= 0.6 is 0 Å². The van der Waals surface area contributed by atoms with Gasteiger partial charge in [0.25, 0.3) is 0 Å². The number of carbonyl (C=O) groups is 2. The second-order valence-electron chi connectivity index (χ2n) is 4.77. The number of para-hydroxylation sites is 1. The zero-order chi connectivity index (χ0) is 14.4. The van der Waals surface area contributed by atoms with Gasteiger partial charge >= 0.3 is 0 Å². The van der Waals surface area contributed by atoms with E-state index in [1.165, 1.54) is 4.90 Å². The number of carbonyl (C=O) groups excluding carboxylic acids is 2. The summed E-state index contributed by atoms with van der Waals surface area (Å²) in [7, 11) is 1.84. The molecule has 1 aromatic rings. The van der Waals surface area contributed by atoms with Crippen molar-refractivity contribution in [3.05, 3.63) is 30.3 Å². The van der Waals surface area contributed by atoms with Gasteiger partial charge in [-0.25, -0.2) is 0 Å². The summed E-state index contributed by atoms with van der Waals surface area (Å²) in [5, 5.41) is 0. The molecular weight excluding hydrogens is 242 g/mol. The number of hydrogen-bond acceptors (Lipinski definition) is 3. The SMILES string of the molecule is CC(C)N(CC(N)=O)C(=O)CN(C)c1ccccc1. The van der Waals surface area contributed by atoms with Gasteiger partial charge in [-0.05, 0) is 26.0 Å². The fraction of sp³-hybridized carbons (Fsp3) is 0.429. The van der Waals surface area contributed by atoms with Gasteiger partial charge in [-0.3, -0.25) is 9.59 Å². The highest BCUT2D eigenvalue weighted by molar-refractivity contribution is 5.86. The largest absolute Gasteiger partial charge is 0.368 e. The van der Waals surface area contributed by atoms with Crippen molar-refractivity contribution in [3.8, 4) is 0 Å². The molecule has 0 fully saturated rings. The second kappa shape index (κ2) is 6.78. The lowest BCUT2D eigenvalue weighted by atomic mass is 10.2. The number of amides is 2. The van der Waals surface area contributed by atoms with E-state index in [2.05, 4.69) is 0 Å². The van der Waals surface area contributed by atoms with Crippen molar-refractivity contribution in [1.82, 2.24) is 4.90 Å². The number of primary amides is 1. The third-order valence-corrected chi connectivity index (χ3v) is 2.84. The summed E-state index contributed by atoms with van der Waals surface area (Å²) in [6.45, 7) is 3.90. The number of hydrogen-bond donors (Lipinski definition) is 1. The van der Waals surface area contributed by atoms with Crippen molar-refractivity contribution in [2.24, 2.45) is 5.73 Å². The molecule has 0 atom stereocenters. The van der Waals surface area contributed by atoms with E-state index in [1.807, 2.05) is 56.1 Å². The van der Waals surface area contributed by atoms with Crippen LogP contribution in [0.5, 0.6) is 0 Å². The lowest BCUT2D eigenvalue weighted by Gasteiger charge is -2.28. The Morgan fingerprint density at radius 3 is 2.21 bits per heavy atom. The first-order valence-corrected chi connectivity index (χ1v) is 6.25. The van der Waals surface area contributed by atoms with Crippen LogP contribution in [0.25, 0.3) is 0 Å². The van der Waals surface area contributed by atoms with E-state index in [0.717, 1.165) is 5.69 Å². The van der Waals surface area contributed by atoms with E-state index in [4.69, 9.17) is 5.73 Å². The van der Waals surface area contributed by atoms with Crippen molar-refractivity contribution >= 4 is 17.5 Å². The van der Waals surface area contributed by atoms with E-state index in [1.54, 1.807) is 0 Å². The van der Waals surface area contributed by atoms with Crippen LogP contribution in [0.3, 0.4) is 0 Å². The smallest absolute Gasteiger partial charge is 0.242 e. The molecule has 0 saturated heterocycles. The van der Waals surface area contributed by atoms with Crippen LogP contribution in [0.1, 0.15) is 13.8 Å². The Bertz CT molecular complexity index is 432. The molecule has 2 amide bonds. The summed E-state index contributed by atoms with van der Waals surface area (Å²) < 4.78 is 0. The Morgan fingerprint density at radius 1 is 1.16 bits per heavy atom. The molecule has 19 heavy (non-hydrogen) atoms. The third kappa shape index (κ3) is 4.62. The van der Waals surface area contributed by atoms with Crippen LogP contribution in [-0.2, 0) is 9.59 Å².